The zero-order valence-corrected chi connectivity index (χ0v) is 16.4. The van der Waals surface area contributed by atoms with Crippen molar-refractivity contribution in [1.29, 1.82) is 0 Å². The van der Waals surface area contributed by atoms with Crippen molar-refractivity contribution in [2.24, 2.45) is 0 Å². The fourth-order valence-electron chi connectivity index (χ4n) is 3.06. The molecule has 0 aliphatic carbocycles. The van der Waals surface area contributed by atoms with Crippen molar-refractivity contribution in [1.82, 2.24) is 24.9 Å². The van der Waals surface area contributed by atoms with E-state index in [4.69, 9.17) is 0 Å². The molecule has 0 atom stereocenters. The zero-order valence-electron chi connectivity index (χ0n) is 16.4. The molecule has 0 unspecified atom stereocenters. The van der Waals surface area contributed by atoms with Crippen LogP contribution in [-0.4, -0.2) is 38.0 Å². The summed E-state index contributed by atoms with van der Waals surface area (Å²) in [5, 5.41) is 17.8. The van der Waals surface area contributed by atoms with Crippen molar-refractivity contribution in [3.8, 4) is 5.69 Å². The summed E-state index contributed by atoms with van der Waals surface area (Å²) in [6.45, 7) is 2.51. The summed E-state index contributed by atoms with van der Waals surface area (Å²) in [6, 6.07) is 16.6. The normalized spacial score (nSPS) is 10.7. The van der Waals surface area contributed by atoms with Crippen molar-refractivity contribution < 1.29 is 9.59 Å². The third-order valence-electron chi connectivity index (χ3n) is 4.41. The van der Waals surface area contributed by atoms with Crippen LogP contribution in [0.4, 0.5) is 16.3 Å². The smallest absolute Gasteiger partial charge is 0.324 e. The second-order valence-corrected chi connectivity index (χ2v) is 6.59. The molecule has 2 aromatic heterocycles. The molecular weight excluding hydrogens is 382 g/mol. The van der Waals surface area contributed by atoms with Crippen molar-refractivity contribution in [2.45, 2.75) is 13.5 Å². The lowest BCUT2D eigenvalue weighted by Gasteiger charge is -2.08. The number of carbonyl (C=O) groups is 2. The molecule has 9 nitrogen and oxygen atoms in total. The standard InChI is InChI=1S/C21H21N7O2/c1-2-22-20(29)14-27-12-11-19(26-27)25-21(30)24-16-7-9-17(10-8-16)28-18-6-4-3-5-15(18)13-23-28/h3-13H,2,14H2,1H3,(H,22,29)(H2,24,25,26,30). The highest BCUT2D eigenvalue weighted by Crippen LogP contribution is 2.19. The number of nitrogens with one attached hydrogen (secondary N) is 3. The summed E-state index contributed by atoms with van der Waals surface area (Å²) in [5.74, 6) is 0.220. The summed E-state index contributed by atoms with van der Waals surface area (Å²) in [4.78, 5) is 23.8. The quantitative estimate of drug-likeness (QED) is 0.460. The van der Waals surface area contributed by atoms with Gasteiger partial charge in [0.25, 0.3) is 0 Å². The van der Waals surface area contributed by atoms with E-state index in [1.165, 1.54) is 4.68 Å². The van der Waals surface area contributed by atoms with Crippen LogP contribution in [-0.2, 0) is 11.3 Å². The number of urea groups is 1. The van der Waals surface area contributed by atoms with Crippen LogP contribution in [0.15, 0.2) is 67.0 Å². The number of anilines is 2. The van der Waals surface area contributed by atoms with E-state index in [0.717, 1.165) is 16.6 Å². The number of fused-ring (bicyclic) bond motifs is 1. The second kappa shape index (κ2) is 8.48. The molecule has 9 heteroatoms. The number of nitrogens with zero attached hydrogens (tertiary/aromatic N) is 4. The van der Waals surface area contributed by atoms with Gasteiger partial charge in [0.15, 0.2) is 5.82 Å². The van der Waals surface area contributed by atoms with Crippen LogP contribution in [0.2, 0.25) is 0 Å². The van der Waals surface area contributed by atoms with Crippen LogP contribution in [0.3, 0.4) is 0 Å². The predicted octanol–water partition coefficient (Wildman–Crippen LogP) is 3.00. The van der Waals surface area contributed by atoms with Crippen LogP contribution < -0.4 is 16.0 Å². The number of benzene rings is 2. The zero-order chi connectivity index (χ0) is 20.9. The Hall–Kier alpha value is -4.14. The first-order valence-electron chi connectivity index (χ1n) is 9.54. The summed E-state index contributed by atoms with van der Waals surface area (Å²) in [7, 11) is 0. The molecule has 0 spiro atoms. The van der Waals surface area contributed by atoms with Gasteiger partial charge in [-0.2, -0.15) is 10.2 Å². The highest BCUT2D eigenvalue weighted by atomic mass is 16.2. The van der Waals surface area contributed by atoms with E-state index in [-0.39, 0.29) is 12.5 Å². The highest BCUT2D eigenvalue weighted by Gasteiger charge is 2.08. The maximum Gasteiger partial charge on any atom is 0.324 e. The Bertz CT molecular complexity index is 1180. The maximum absolute atomic E-state index is 12.2. The van der Waals surface area contributed by atoms with Gasteiger partial charge in [0.1, 0.15) is 6.54 Å². The van der Waals surface area contributed by atoms with Gasteiger partial charge in [-0.05, 0) is 37.3 Å². The third-order valence-corrected chi connectivity index (χ3v) is 4.41. The van der Waals surface area contributed by atoms with Gasteiger partial charge in [0, 0.05) is 29.9 Å². The Balaban J connectivity index is 1.37. The largest absolute Gasteiger partial charge is 0.355 e. The number of aromatic nitrogens is 4. The Morgan fingerprint density at radius 3 is 2.60 bits per heavy atom. The van der Waals surface area contributed by atoms with Gasteiger partial charge in [-0.25, -0.2) is 9.48 Å². The van der Waals surface area contributed by atoms with E-state index in [9.17, 15) is 9.59 Å². The minimum atomic E-state index is -0.421. The average Bonchev–Trinajstić information content (AvgIpc) is 3.35. The first-order valence-corrected chi connectivity index (χ1v) is 9.54. The van der Waals surface area contributed by atoms with E-state index in [2.05, 4.69) is 26.1 Å². The van der Waals surface area contributed by atoms with Gasteiger partial charge in [-0.3, -0.25) is 14.8 Å². The van der Waals surface area contributed by atoms with Crippen LogP contribution >= 0.6 is 0 Å². The molecule has 0 saturated carbocycles. The number of hydrogen-bond acceptors (Lipinski definition) is 4. The molecule has 0 saturated heterocycles. The number of rotatable bonds is 6. The van der Waals surface area contributed by atoms with Crippen LogP contribution in [0, 0.1) is 0 Å². The molecule has 4 aromatic rings. The number of hydrogen-bond donors (Lipinski definition) is 3. The van der Waals surface area contributed by atoms with E-state index in [0.29, 0.717) is 18.1 Å². The molecule has 2 aromatic carbocycles. The van der Waals surface area contributed by atoms with Gasteiger partial charge < -0.3 is 10.6 Å². The lowest BCUT2D eigenvalue weighted by molar-refractivity contribution is -0.121. The van der Waals surface area contributed by atoms with Crippen molar-refractivity contribution in [3.63, 3.8) is 0 Å². The first-order chi connectivity index (χ1) is 14.6. The van der Waals surface area contributed by atoms with Crippen molar-refractivity contribution >= 4 is 34.3 Å². The topological polar surface area (TPSA) is 106 Å². The van der Waals surface area contributed by atoms with Crippen LogP contribution in [0.1, 0.15) is 6.92 Å². The molecule has 0 aliphatic heterocycles. The highest BCUT2D eigenvalue weighted by molar-refractivity contribution is 5.99. The minimum absolute atomic E-state index is 0.0979. The molecule has 0 radical (unpaired) electrons. The Morgan fingerprint density at radius 2 is 1.80 bits per heavy atom. The Kier molecular flexibility index (Phi) is 5.42. The number of para-hydroxylation sites is 1. The molecule has 0 bridgehead atoms. The average molecular weight is 403 g/mol. The fraction of sp³-hybridized carbons (Fsp3) is 0.143. The van der Waals surface area contributed by atoms with Gasteiger partial charge in [-0.15, -0.1) is 0 Å². The summed E-state index contributed by atoms with van der Waals surface area (Å²) in [6.07, 6.45) is 3.45. The third kappa shape index (κ3) is 4.30. The Morgan fingerprint density at radius 1 is 1.00 bits per heavy atom. The Labute approximate surface area is 172 Å². The fourth-order valence-corrected chi connectivity index (χ4v) is 3.06. The molecule has 3 N–H and O–H groups in total. The molecule has 0 fully saturated rings. The summed E-state index contributed by atoms with van der Waals surface area (Å²) in [5.41, 5.74) is 2.54. The predicted molar refractivity (Wildman–Crippen MR) is 115 cm³/mol. The molecule has 3 amide bonds. The maximum atomic E-state index is 12.2. The monoisotopic (exact) mass is 403 g/mol. The summed E-state index contributed by atoms with van der Waals surface area (Å²) >= 11 is 0. The summed E-state index contributed by atoms with van der Waals surface area (Å²) < 4.78 is 3.31. The van der Waals surface area contributed by atoms with Gasteiger partial charge in [0.2, 0.25) is 5.91 Å². The molecule has 4 rings (SSSR count). The van der Waals surface area contributed by atoms with Crippen molar-refractivity contribution in [2.75, 3.05) is 17.2 Å². The van der Waals surface area contributed by atoms with E-state index < -0.39 is 6.03 Å². The van der Waals surface area contributed by atoms with Gasteiger partial charge in [-0.1, -0.05) is 18.2 Å². The van der Waals surface area contributed by atoms with E-state index >= 15 is 0 Å². The van der Waals surface area contributed by atoms with Crippen LogP contribution in [0.25, 0.3) is 16.6 Å². The number of amides is 3. The second-order valence-electron chi connectivity index (χ2n) is 6.59. The van der Waals surface area contributed by atoms with Crippen LogP contribution in [0.5, 0.6) is 0 Å². The van der Waals surface area contributed by atoms with Crippen molar-refractivity contribution in [3.05, 3.63) is 67.0 Å². The lowest BCUT2D eigenvalue weighted by atomic mass is 10.2. The first kappa shape index (κ1) is 19.2. The number of carbonyl (C=O) groups excluding carboxylic acids is 2. The SMILES string of the molecule is CCNC(=O)Cn1ccc(NC(=O)Nc2ccc(-n3ncc4ccccc43)cc2)n1. The molecular formula is C21H21N7O2. The van der Waals surface area contributed by atoms with E-state index in [1.54, 1.807) is 24.4 Å². The molecule has 2 heterocycles. The van der Waals surface area contributed by atoms with E-state index in [1.807, 2.05) is 54.2 Å². The van der Waals surface area contributed by atoms with Gasteiger partial charge >= 0.3 is 6.03 Å². The number of likely N-dealkylation sites (N-methyl/N-ethyl adjacent to an activating group) is 1. The molecule has 152 valence electrons. The lowest BCUT2D eigenvalue weighted by Crippen LogP contribution is -2.27. The minimum Gasteiger partial charge on any atom is -0.355 e. The molecule has 30 heavy (non-hydrogen) atoms. The molecule has 0 aliphatic rings. The van der Waals surface area contributed by atoms with Gasteiger partial charge in [0.05, 0.1) is 17.4 Å².